The molecule has 0 aromatic rings. The van der Waals surface area contributed by atoms with Gasteiger partial charge in [0.1, 0.15) is 13.2 Å². The summed E-state index contributed by atoms with van der Waals surface area (Å²) in [6, 6.07) is 0. The molecule has 0 aliphatic heterocycles. The van der Waals surface area contributed by atoms with Crippen LogP contribution in [0.25, 0.3) is 0 Å². The standard InChI is InChI=1S/C62H112O6/c1-4-7-10-13-16-19-22-25-27-29-31-33-34-37-40-43-46-49-52-55-61(64)67-58-59(57-66-60(63)54-51-48-45-42-39-36-24-21-18-15-12-9-6-3)68-62(65)56-53-50-47-44-41-38-35-32-30-28-26-23-20-17-14-11-8-5-2/h12,15,21,24-25,27-28,30,59H,4-11,13-14,16-20,22-23,26,29,31-58H2,1-3H3/b15-12-,24-21-,27-25-,30-28-. The van der Waals surface area contributed by atoms with Crippen LogP contribution in [0.15, 0.2) is 48.6 Å². The molecule has 0 fully saturated rings. The highest BCUT2D eigenvalue weighted by Crippen LogP contribution is 2.16. The second-order valence-corrected chi connectivity index (χ2v) is 19.9. The van der Waals surface area contributed by atoms with Gasteiger partial charge in [-0.1, -0.05) is 243 Å². The van der Waals surface area contributed by atoms with E-state index in [2.05, 4.69) is 69.4 Å². The minimum Gasteiger partial charge on any atom is -0.462 e. The average Bonchev–Trinajstić information content (AvgIpc) is 3.34. The molecule has 0 aliphatic rings. The van der Waals surface area contributed by atoms with E-state index in [0.29, 0.717) is 19.3 Å². The summed E-state index contributed by atoms with van der Waals surface area (Å²) < 4.78 is 16.9. The summed E-state index contributed by atoms with van der Waals surface area (Å²) in [5.41, 5.74) is 0. The second-order valence-electron chi connectivity index (χ2n) is 19.9. The van der Waals surface area contributed by atoms with Gasteiger partial charge in [-0.05, 0) is 96.3 Å². The predicted molar refractivity (Wildman–Crippen MR) is 293 cm³/mol. The third-order valence-corrected chi connectivity index (χ3v) is 13.0. The van der Waals surface area contributed by atoms with E-state index in [1.807, 2.05) is 0 Å². The monoisotopic (exact) mass is 953 g/mol. The molecule has 0 radical (unpaired) electrons. The van der Waals surface area contributed by atoms with Gasteiger partial charge in [-0.25, -0.2) is 0 Å². The molecule has 0 aromatic heterocycles. The number of hydrogen-bond donors (Lipinski definition) is 0. The Morgan fingerprint density at radius 3 is 0.882 bits per heavy atom. The van der Waals surface area contributed by atoms with Crippen molar-refractivity contribution >= 4 is 17.9 Å². The van der Waals surface area contributed by atoms with Crippen LogP contribution in [0, 0.1) is 0 Å². The third kappa shape index (κ3) is 54.3. The van der Waals surface area contributed by atoms with Crippen molar-refractivity contribution in [2.45, 2.75) is 316 Å². The molecule has 0 spiro atoms. The molecule has 0 heterocycles. The van der Waals surface area contributed by atoms with Crippen molar-refractivity contribution in [2.24, 2.45) is 0 Å². The topological polar surface area (TPSA) is 78.9 Å². The first-order valence-corrected chi connectivity index (χ1v) is 29.6. The van der Waals surface area contributed by atoms with E-state index in [1.165, 1.54) is 186 Å². The molecule has 0 aliphatic carbocycles. The predicted octanol–water partition coefficient (Wildman–Crippen LogP) is 19.8. The molecule has 0 saturated carbocycles. The Hall–Kier alpha value is -2.63. The van der Waals surface area contributed by atoms with Crippen LogP contribution in [0.5, 0.6) is 0 Å². The Bertz CT molecular complexity index is 1190. The van der Waals surface area contributed by atoms with Gasteiger partial charge in [0.2, 0.25) is 0 Å². The number of rotatable bonds is 54. The summed E-state index contributed by atoms with van der Waals surface area (Å²) >= 11 is 0. The van der Waals surface area contributed by atoms with Crippen LogP contribution in [-0.2, 0) is 28.6 Å². The number of unbranched alkanes of at least 4 members (excludes halogenated alkanes) is 35. The van der Waals surface area contributed by atoms with Gasteiger partial charge in [-0.15, -0.1) is 0 Å². The number of hydrogen-bond acceptors (Lipinski definition) is 6. The Balaban J connectivity index is 4.35. The van der Waals surface area contributed by atoms with Gasteiger partial charge in [0, 0.05) is 19.3 Å². The Morgan fingerprint density at radius 2 is 0.559 bits per heavy atom. The molecule has 6 heteroatoms. The van der Waals surface area contributed by atoms with Crippen LogP contribution in [0.4, 0.5) is 0 Å². The maximum absolute atomic E-state index is 12.9. The summed E-state index contributed by atoms with van der Waals surface area (Å²) in [5.74, 6) is -0.886. The van der Waals surface area contributed by atoms with E-state index in [4.69, 9.17) is 14.2 Å². The van der Waals surface area contributed by atoms with Crippen LogP contribution in [0.2, 0.25) is 0 Å². The van der Waals surface area contributed by atoms with Crippen LogP contribution < -0.4 is 0 Å². The minimum atomic E-state index is -0.781. The van der Waals surface area contributed by atoms with Crippen LogP contribution >= 0.6 is 0 Å². The zero-order valence-corrected chi connectivity index (χ0v) is 45.4. The van der Waals surface area contributed by atoms with Gasteiger partial charge >= 0.3 is 17.9 Å². The molecule has 68 heavy (non-hydrogen) atoms. The molecule has 0 rings (SSSR count). The SMILES string of the molecule is CCC/C=C\C/C=C\CCCCCCCC(=O)OCC(COC(=O)CCCCCCCCCCC/C=C\CCCCCCCC)OC(=O)CCCCCCCCC/C=C\CCCCCCCCC. The summed E-state index contributed by atoms with van der Waals surface area (Å²) in [4.78, 5) is 38.2. The lowest BCUT2D eigenvalue weighted by molar-refractivity contribution is -0.167. The molecule has 396 valence electrons. The minimum absolute atomic E-state index is 0.0788. The lowest BCUT2D eigenvalue weighted by Crippen LogP contribution is -2.30. The lowest BCUT2D eigenvalue weighted by Gasteiger charge is -2.18. The smallest absolute Gasteiger partial charge is 0.306 e. The molecular weight excluding hydrogens is 841 g/mol. The van der Waals surface area contributed by atoms with Gasteiger partial charge < -0.3 is 14.2 Å². The quantitative estimate of drug-likeness (QED) is 0.0262. The van der Waals surface area contributed by atoms with Gasteiger partial charge in [0.25, 0.3) is 0 Å². The Labute approximate surface area is 422 Å². The molecule has 0 saturated heterocycles. The van der Waals surface area contributed by atoms with E-state index < -0.39 is 6.10 Å². The molecule has 0 aromatic carbocycles. The number of carbonyl (C=O) groups is 3. The summed E-state index contributed by atoms with van der Waals surface area (Å²) in [6.45, 7) is 6.59. The number of allylic oxidation sites excluding steroid dienone is 8. The fourth-order valence-electron chi connectivity index (χ4n) is 8.53. The fraction of sp³-hybridized carbons (Fsp3) is 0.823. The molecule has 0 amide bonds. The summed E-state index contributed by atoms with van der Waals surface area (Å²) in [6.07, 6.45) is 69.6. The Kier molecular flexibility index (Phi) is 54.8. The molecule has 0 bridgehead atoms. The normalized spacial score (nSPS) is 12.3. The highest BCUT2D eigenvalue weighted by molar-refractivity contribution is 5.71. The first-order chi connectivity index (χ1) is 33.5. The number of carbonyl (C=O) groups excluding carboxylic acids is 3. The lowest BCUT2D eigenvalue weighted by atomic mass is 10.1. The van der Waals surface area contributed by atoms with Crippen molar-refractivity contribution in [3.63, 3.8) is 0 Å². The zero-order valence-electron chi connectivity index (χ0n) is 45.4. The van der Waals surface area contributed by atoms with Crippen molar-refractivity contribution in [1.82, 2.24) is 0 Å². The van der Waals surface area contributed by atoms with Crippen LogP contribution in [0.3, 0.4) is 0 Å². The van der Waals surface area contributed by atoms with Crippen molar-refractivity contribution in [1.29, 1.82) is 0 Å². The van der Waals surface area contributed by atoms with Gasteiger partial charge in [-0.2, -0.15) is 0 Å². The summed E-state index contributed by atoms with van der Waals surface area (Å²) in [5, 5.41) is 0. The maximum atomic E-state index is 12.9. The number of esters is 3. The van der Waals surface area contributed by atoms with Gasteiger partial charge in [0.15, 0.2) is 6.10 Å². The first kappa shape index (κ1) is 65.4. The fourth-order valence-corrected chi connectivity index (χ4v) is 8.53. The average molecular weight is 954 g/mol. The zero-order chi connectivity index (χ0) is 49.3. The van der Waals surface area contributed by atoms with E-state index >= 15 is 0 Å². The molecule has 1 atom stereocenters. The number of ether oxygens (including phenoxy) is 3. The van der Waals surface area contributed by atoms with Crippen LogP contribution in [-0.4, -0.2) is 37.2 Å². The van der Waals surface area contributed by atoms with E-state index in [9.17, 15) is 14.4 Å². The highest BCUT2D eigenvalue weighted by atomic mass is 16.6. The molecule has 0 N–H and O–H groups in total. The highest BCUT2D eigenvalue weighted by Gasteiger charge is 2.19. The van der Waals surface area contributed by atoms with Crippen molar-refractivity contribution in [3.05, 3.63) is 48.6 Å². The second kappa shape index (κ2) is 57.0. The van der Waals surface area contributed by atoms with Crippen LogP contribution in [0.1, 0.15) is 310 Å². The largest absolute Gasteiger partial charge is 0.462 e. The van der Waals surface area contributed by atoms with Crippen molar-refractivity contribution < 1.29 is 28.6 Å². The van der Waals surface area contributed by atoms with E-state index in [-0.39, 0.29) is 31.1 Å². The van der Waals surface area contributed by atoms with E-state index in [0.717, 1.165) is 83.5 Å². The maximum Gasteiger partial charge on any atom is 0.306 e. The third-order valence-electron chi connectivity index (χ3n) is 13.0. The Morgan fingerprint density at radius 1 is 0.294 bits per heavy atom. The first-order valence-electron chi connectivity index (χ1n) is 29.6. The van der Waals surface area contributed by atoms with E-state index in [1.54, 1.807) is 0 Å². The van der Waals surface area contributed by atoms with Crippen molar-refractivity contribution in [3.8, 4) is 0 Å². The van der Waals surface area contributed by atoms with Gasteiger partial charge in [0.05, 0.1) is 0 Å². The molecule has 1 unspecified atom stereocenters. The van der Waals surface area contributed by atoms with Gasteiger partial charge in [-0.3, -0.25) is 14.4 Å². The van der Waals surface area contributed by atoms with Crippen molar-refractivity contribution in [2.75, 3.05) is 13.2 Å². The molecular formula is C62H112O6. The molecule has 6 nitrogen and oxygen atoms in total. The summed E-state index contributed by atoms with van der Waals surface area (Å²) in [7, 11) is 0.